The predicted molar refractivity (Wildman–Crippen MR) is 65.1 cm³/mol. The van der Waals surface area contributed by atoms with E-state index in [1.54, 1.807) is 6.92 Å². The molecule has 1 aliphatic rings. The highest BCUT2D eigenvalue weighted by atomic mass is 19.1. The van der Waals surface area contributed by atoms with Crippen LogP contribution in [0.2, 0.25) is 0 Å². The van der Waals surface area contributed by atoms with Gasteiger partial charge in [-0.05, 0) is 18.9 Å². The maximum absolute atomic E-state index is 13.0. The number of carbonyl (C=O) groups is 2. The van der Waals surface area contributed by atoms with Gasteiger partial charge in [-0.2, -0.15) is 4.39 Å². The minimum absolute atomic E-state index is 0.168. The van der Waals surface area contributed by atoms with Crippen molar-refractivity contribution in [2.75, 3.05) is 13.1 Å². The highest BCUT2D eigenvalue weighted by Gasteiger charge is 2.44. The zero-order valence-corrected chi connectivity index (χ0v) is 10.6. The zero-order valence-electron chi connectivity index (χ0n) is 10.6. The molecule has 1 fully saturated rings. The van der Waals surface area contributed by atoms with E-state index in [1.807, 2.05) is 0 Å². The van der Waals surface area contributed by atoms with Gasteiger partial charge in [0, 0.05) is 30.9 Å². The normalized spacial score (nSPS) is 22.5. The van der Waals surface area contributed by atoms with Crippen LogP contribution in [0, 0.1) is 11.4 Å². The number of pyridine rings is 1. The summed E-state index contributed by atoms with van der Waals surface area (Å²) in [6.07, 6.45) is 2.12. The highest BCUT2D eigenvalue weighted by molar-refractivity contribution is 5.95. The number of halogens is 1. The van der Waals surface area contributed by atoms with Crippen molar-refractivity contribution in [3.8, 4) is 0 Å². The van der Waals surface area contributed by atoms with Crippen LogP contribution in [-0.2, 0) is 4.79 Å². The number of hydrogen-bond acceptors (Lipinski definition) is 3. The Morgan fingerprint density at radius 3 is 2.84 bits per heavy atom. The number of likely N-dealkylation sites (tertiary alicyclic amines) is 1. The number of amides is 1. The lowest BCUT2D eigenvalue weighted by molar-refractivity contribution is -0.148. The van der Waals surface area contributed by atoms with Crippen molar-refractivity contribution in [1.29, 1.82) is 0 Å². The van der Waals surface area contributed by atoms with Crippen LogP contribution < -0.4 is 0 Å². The van der Waals surface area contributed by atoms with Crippen LogP contribution in [0.5, 0.6) is 0 Å². The number of aliphatic carboxylic acids is 1. The quantitative estimate of drug-likeness (QED) is 0.843. The molecule has 1 N–H and O–H groups in total. The molecule has 1 aliphatic heterocycles. The van der Waals surface area contributed by atoms with Crippen LogP contribution in [0.1, 0.15) is 30.1 Å². The standard InChI is InChI=1S/C13H15FN2O3/c1-2-13(12(18)19)4-6-16(8-13)11(17)9-3-5-15-10(14)7-9/h3,5,7H,2,4,6,8H2,1H3,(H,18,19). The molecule has 1 amide bonds. The van der Waals surface area contributed by atoms with Gasteiger partial charge in [0.15, 0.2) is 0 Å². The lowest BCUT2D eigenvalue weighted by Crippen LogP contribution is -2.36. The van der Waals surface area contributed by atoms with Gasteiger partial charge >= 0.3 is 5.97 Å². The summed E-state index contributed by atoms with van der Waals surface area (Å²) < 4.78 is 13.0. The van der Waals surface area contributed by atoms with E-state index in [4.69, 9.17) is 0 Å². The molecule has 0 saturated carbocycles. The number of carbonyl (C=O) groups excluding carboxylic acids is 1. The molecule has 0 aromatic carbocycles. The largest absolute Gasteiger partial charge is 0.481 e. The van der Waals surface area contributed by atoms with Gasteiger partial charge in [-0.25, -0.2) is 4.98 Å². The van der Waals surface area contributed by atoms with Gasteiger partial charge in [-0.3, -0.25) is 9.59 Å². The third-order valence-corrected chi connectivity index (χ3v) is 3.74. The molecule has 102 valence electrons. The van der Waals surface area contributed by atoms with E-state index in [0.717, 1.165) is 6.07 Å². The first kappa shape index (κ1) is 13.5. The summed E-state index contributed by atoms with van der Waals surface area (Å²) >= 11 is 0. The molecule has 0 radical (unpaired) electrons. The molecule has 19 heavy (non-hydrogen) atoms. The minimum Gasteiger partial charge on any atom is -0.481 e. The topological polar surface area (TPSA) is 70.5 Å². The maximum Gasteiger partial charge on any atom is 0.311 e. The Labute approximate surface area is 110 Å². The molecule has 1 saturated heterocycles. The number of rotatable bonds is 3. The maximum atomic E-state index is 13.0. The summed E-state index contributed by atoms with van der Waals surface area (Å²) in [7, 11) is 0. The van der Waals surface area contributed by atoms with Gasteiger partial charge in [0.1, 0.15) is 0 Å². The second-order valence-electron chi connectivity index (χ2n) is 4.78. The Hall–Kier alpha value is -1.98. The Morgan fingerprint density at radius 1 is 1.58 bits per heavy atom. The molecule has 1 aromatic rings. The molecule has 1 unspecified atom stereocenters. The monoisotopic (exact) mass is 266 g/mol. The molecular weight excluding hydrogens is 251 g/mol. The first-order valence-electron chi connectivity index (χ1n) is 6.13. The second kappa shape index (κ2) is 4.95. The zero-order chi connectivity index (χ0) is 14.0. The number of carboxylic acids is 1. The van der Waals surface area contributed by atoms with E-state index in [9.17, 15) is 19.1 Å². The van der Waals surface area contributed by atoms with E-state index < -0.39 is 17.3 Å². The number of carboxylic acid groups (broad SMARTS) is 1. The van der Waals surface area contributed by atoms with Crippen molar-refractivity contribution in [2.45, 2.75) is 19.8 Å². The van der Waals surface area contributed by atoms with Crippen molar-refractivity contribution in [2.24, 2.45) is 5.41 Å². The Morgan fingerprint density at radius 2 is 2.32 bits per heavy atom. The van der Waals surface area contributed by atoms with E-state index in [1.165, 1.54) is 17.2 Å². The van der Waals surface area contributed by atoms with Crippen LogP contribution in [-0.4, -0.2) is 40.0 Å². The fourth-order valence-corrected chi connectivity index (χ4v) is 2.38. The molecular formula is C13H15FN2O3. The van der Waals surface area contributed by atoms with Crippen LogP contribution in [0.25, 0.3) is 0 Å². The average molecular weight is 266 g/mol. The fraction of sp³-hybridized carbons (Fsp3) is 0.462. The molecule has 0 aliphatic carbocycles. The second-order valence-corrected chi connectivity index (χ2v) is 4.78. The fourth-order valence-electron chi connectivity index (χ4n) is 2.38. The molecule has 2 rings (SSSR count). The summed E-state index contributed by atoms with van der Waals surface area (Å²) in [5.41, 5.74) is -0.675. The third-order valence-electron chi connectivity index (χ3n) is 3.74. The van der Waals surface area contributed by atoms with Crippen molar-refractivity contribution in [3.63, 3.8) is 0 Å². The predicted octanol–water partition coefficient (Wildman–Crippen LogP) is 1.55. The van der Waals surface area contributed by atoms with Crippen molar-refractivity contribution in [3.05, 3.63) is 29.8 Å². The first-order chi connectivity index (χ1) is 8.98. The smallest absolute Gasteiger partial charge is 0.311 e. The van der Waals surface area contributed by atoms with Crippen LogP contribution in [0.3, 0.4) is 0 Å². The Balaban J connectivity index is 2.17. The third kappa shape index (κ3) is 2.43. The molecule has 0 bridgehead atoms. The van der Waals surface area contributed by atoms with Crippen molar-refractivity contribution in [1.82, 2.24) is 9.88 Å². The van der Waals surface area contributed by atoms with Gasteiger partial charge < -0.3 is 10.0 Å². The van der Waals surface area contributed by atoms with Gasteiger partial charge in [0.25, 0.3) is 5.91 Å². The molecule has 2 heterocycles. The van der Waals surface area contributed by atoms with Crippen LogP contribution in [0.4, 0.5) is 4.39 Å². The highest BCUT2D eigenvalue weighted by Crippen LogP contribution is 2.34. The minimum atomic E-state index is -0.883. The molecule has 1 aromatic heterocycles. The van der Waals surface area contributed by atoms with Crippen LogP contribution in [0.15, 0.2) is 18.3 Å². The van der Waals surface area contributed by atoms with E-state index in [-0.39, 0.29) is 18.0 Å². The number of aromatic nitrogens is 1. The lowest BCUT2D eigenvalue weighted by Gasteiger charge is -2.23. The molecule has 6 heteroatoms. The SMILES string of the molecule is CCC1(C(=O)O)CCN(C(=O)c2ccnc(F)c2)C1. The van der Waals surface area contributed by atoms with E-state index in [0.29, 0.717) is 19.4 Å². The van der Waals surface area contributed by atoms with Crippen LogP contribution >= 0.6 is 0 Å². The Bertz CT molecular complexity index is 520. The van der Waals surface area contributed by atoms with Gasteiger partial charge in [0.05, 0.1) is 5.41 Å². The van der Waals surface area contributed by atoms with E-state index >= 15 is 0 Å². The van der Waals surface area contributed by atoms with Gasteiger partial charge in [-0.15, -0.1) is 0 Å². The van der Waals surface area contributed by atoms with E-state index in [2.05, 4.69) is 4.98 Å². The summed E-state index contributed by atoms with van der Waals surface area (Å²) in [4.78, 5) is 28.3. The van der Waals surface area contributed by atoms with Crippen molar-refractivity contribution >= 4 is 11.9 Å². The lowest BCUT2D eigenvalue weighted by atomic mass is 9.84. The number of hydrogen-bond donors (Lipinski definition) is 1. The molecule has 5 nitrogen and oxygen atoms in total. The summed E-state index contributed by atoms with van der Waals surface area (Å²) in [5, 5.41) is 9.27. The summed E-state index contributed by atoms with van der Waals surface area (Å²) in [5.74, 6) is -1.95. The first-order valence-corrected chi connectivity index (χ1v) is 6.13. The van der Waals surface area contributed by atoms with Crippen molar-refractivity contribution < 1.29 is 19.1 Å². The average Bonchev–Trinajstić information content (AvgIpc) is 2.83. The molecule has 0 spiro atoms. The summed E-state index contributed by atoms with van der Waals surface area (Å²) in [6.45, 7) is 2.35. The van der Waals surface area contributed by atoms with Gasteiger partial charge in [-0.1, -0.05) is 6.92 Å². The molecule has 1 atom stereocenters. The summed E-state index contributed by atoms with van der Waals surface area (Å²) in [6, 6.07) is 2.49. The number of nitrogens with zero attached hydrogens (tertiary/aromatic N) is 2. The Kier molecular flexibility index (Phi) is 3.50. The van der Waals surface area contributed by atoms with Gasteiger partial charge in [0.2, 0.25) is 5.95 Å².